The fraction of sp³-hybridized carbons (Fsp3) is 0.528. The molecule has 9 heteroatoms. The SMILES string of the molecule is C=S1(=O)C[C@H](C2CC2)C/C=C/[C@H](OC(C)=O)[C@@H]2CC[C@H]2CN2C[C@@]3(CCCc4cc(Cl)ccc43)COc3ccc(cc32)C(=O)N1. The molecule has 2 saturated carbocycles. The molecule has 5 aliphatic rings. The van der Waals surface area contributed by atoms with Crippen molar-refractivity contribution in [3.05, 3.63) is 70.3 Å². The number of amides is 1. The van der Waals surface area contributed by atoms with Gasteiger partial charge < -0.3 is 14.4 Å². The molecule has 3 aliphatic carbocycles. The third-order valence-corrected chi connectivity index (χ3v) is 12.5. The van der Waals surface area contributed by atoms with E-state index in [0.29, 0.717) is 29.8 Å². The van der Waals surface area contributed by atoms with E-state index in [9.17, 15) is 13.8 Å². The molecule has 2 fully saturated rings. The molecule has 2 aromatic rings. The molecule has 1 amide bonds. The Hall–Kier alpha value is -2.97. The first kappa shape index (κ1) is 30.7. The molecule has 2 aromatic carbocycles. The lowest BCUT2D eigenvalue weighted by molar-refractivity contribution is -0.149. The monoisotopic (exact) mass is 650 g/mol. The van der Waals surface area contributed by atoms with Gasteiger partial charge in [-0.05, 0) is 123 Å². The summed E-state index contributed by atoms with van der Waals surface area (Å²) in [5, 5.41) is 0.747. The van der Waals surface area contributed by atoms with E-state index in [2.05, 4.69) is 39.8 Å². The van der Waals surface area contributed by atoms with Gasteiger partial charge in [0, 0.05) is 57.4 Å². The third-order valence-electron chi connectivity index (χ3n) is 10.8. The zero-order valence-electron chi connectivity index (χ0n) is 26.0. The van der Waals surface area contributed by atoms with E-state index >= 15 is 0 Å². The van der Waals surface area contributed by atoms with Gasteiger partial charge in [-0.25, -0.2) is 4.21 Å². The summed E-state index contributed by atoms with van der Waals surface area (Å²) in [6.07, 6.45) is 11.8. The van der Waals surface area contributed by atoms with Crippen molar-refractivity contribution in [3.8, 4) is 5.75 Å². The van der Waals surface area contributed by atoms with Gasteiger partial charge in [0.15, 0.2) is 0 Å². The number of carbonyl (C=O) groups excluding carboxylic acids is 2. The largest absolute Gasteiger partial charge is 0.490 e. The fourth-order valence-electron chi connectivity index (χ4n) is 8.22. The molecule has 7 nitrogen and oxygen atoms in total. The lowest BCUT2D eigenvalue weighted by Crippen LogP contribution is -2.49. The quantitative estimate of drug-likeness (QED) is 0.240. The Balaban J connectivity index is 1.29. The van der Waals surface area contributed by atoms with E-state index in [1.807, 2.05) is 18.2 Å². The highest BCUT2D eigenvalue weighted by molar-refractivity contribution is 7.99. The molecule has 7 rings (SSSR count). The minimum absolute atomic E-state index is 0.148. The number of nitrogens with one attached hydrogen (secondary N) is 1. The van der Waals surface area contributed by atoms with E-state index in [1.54, 1.807) is 6.07 Å². The maximum absolute atomic E-state index is 13.7. The number of rotatable bonds is 2. The normalized spacial score (nSPS) is 33.8. The van der Waals surface area contributed by atoms with Gasteiger partial charge >= 0.3 is 5.97 Å². The topological polar surface area (TPSA) is 84.9 Å². The third kappa shape index (κ3) is 6.37. The van der Waals surface area contributed by atoms with Gasteiger partial charge in [0.05, 0.1) is 12.3 Å². The molecule has 6 atom stereocenters. The number of nitrogens with zero attached hydrogens (tertiary/aromatic N) is 1. The smallest absolute Gasteiger partial charge is 0.303 e. The number of carbonyl (C=O) groups is 2. The van der Waals surface area contributed by atoms with Crippen LogP contribution in [0.1, 0.15) is 73.4 Å². The van der Waals surface area contributed by atoms with Crippen LogP contribution in [-0.4, -0.2) is 53.5 Å². The van der Waals surface area contributed by atoms with Gasteiger partial charge in [-0.2, -0.15) is 0 Å². The van der Waals surface area contributed by atoms with Crippen LogP contribution in [0.2, 0.25) is 5.02 Å². The van der Waals surface area contributed by atoms with Crippen LogP contribution in [0.15, 0.2) is 48.6 Å². The van der Waals surface area contributed by atoms with Crippen LogP contribution in [0.5, 0.6) is 5.75 Å². The molecule has 0 saturated heterocycles. The van der Waals surface area contributed by atoms with E-state index in [4.69, 9.17) is 21.1 Å². The van der Waals surface area contributed by atoms with Crippen molar-refractivity contribution in [3.63, 3.8) is 0 Å². The first-order valence-electron chi connectivity index (χ1n) is 16.4. The van der Waals surface area contributed by atoms with E-state index in [0.717, 1.165) is 80.9 Å². The number of benzene rings is 2. The molecule has 1 N–H and O–H groups in total. The second-order valence-corrected chi connectivity index (χ2v) is 16.6. The van der Waals surface area contributed by atoms with Crippen LogP contribution >= 0.6 is 11.6 Å². The predicted molar refractivity (Wildman–Crippen MR) is 180 cm³/mol. The van der Waals surface area contributed by atoms with Crippen molar-refractivity contribution >= 4 is 44.7 Å². The number of allylic oxidation sites excluding steroid dienone is 1. The van der Waals surface area contributed by atoms with Gasteiger partial charge in [-0.1, -0.05) is 23.7 Å². The second kappa shape index (κ2) is 12.0. The summed E-state index contributed by atoms with van der Waals surface area (Å²) in [5.74, 6) is 5.52. The Morgan fingerprint density at radius 1 is 1.13 bits per heavy atom. The van der Waals surface area contributed by atoms with Crippen molar-refractivity contribution in [1.29, 1.82) is 0 Å². The van der Waals surface area contributed by atoms with Crippen LogP contribution in [0.25, 0.3) is 0 Å². The van der Waals surface area contributed by atoms with Crippen molar-refractivity contribution < 1.29 is 23.3 Å². The summed E-state index contributed by atoms with van der Waals surface area (Å²) in [4.78, 5) is 28.2. The minimum Gasteiger partial charge on any atom is -0.490 e. The number of anilines is 1. The number of hydrogen-bond donors (Lipinski definition) is 1. The van der Waals surface area contributed by atoms with Gasteiger partial charge in [-0.3, -0.25) is 14.3 Å². The van der Waals surface area contributed by atoms with Crippen molar-refractivity contribution in [2.45, 2.75) is 69.8 Å². The molecule has 2 heterocycles. The highest BCUT2D eigenvalue weighted by Crippen LogP contribution is 2.47. The number of aryl methyl sites for hydroxylation is 1. The summed E-state index contributed by atoms with van der Waals surface area (Å²) >= 11 is 6.43. The van der Waals surface area contributed by atoms with Crippen LogP contribution < -0.4 is 14.4 Å². The van der Waals surface area contributed by atoms with Gasteiger partial charge in [0.1, 0.15) is 11.9 Å². The molecular weight excluding hydrogens is 608 g/mol. The highest BCUT2D eigenvalue weighted by Gasteiger charge is 2.45. The van der Waals surface area contributed by atoms with Gasteiger partial charge in [-0.15, -0.1) is 0 Å². The van der Waals surface area contributed by atoms with Crippen molar-refractivity contribution in [1.82, 2.24) is 4.72 Å². The number of halogens is 1. The Labute approximate surface area is 271 Å². The molecular formula is C36H43ClN2O5S. The van der Waals surface area contributed by atoms with E-state index in [1.165, 1.54) is 18.1 Å². The number of esters is 1. The number of ether oxygens (including phenoxy) is 2. The Morgan fingerprint density at radius 3 is 2.71 bits per heavy atom. The van der Waals surface area contributed by atoms with Gasteiger partial charge in [0.25, 0.3) is 5.91 Å². The maximum Gasteiger partial charge on any atom is 0.303 e. The molecule has 2 bridgehead atoms. The molecule has 240 valence electrons. The van der Waals surface area contributed by atoms with Crippen molar-refractivity contribution in [2.75, 3.05) is 30.3 Å². The number of fused-ring (bicyclic) bond motifs is 4. The minimum atomic E-state index is -2.88. The lowest BCUT2D eigenvalue weighted by Gasteiger charge is -2.46. The lowest BCUT2D eigenvalue weighted by atomic mass is 9.68. The molecule has 0 aromatic heterocycles. The zero-order valence-corrected chi connectivity index (χ0v) is 27.5. The molecule has 45 heavy (non-hydrogen) atoms. The van der Waals surface area contributed by atoms with Gasteiger partial charge in [0.2, 0.25) is 0 Å². The Morgan fingerprint density at radius 2 is 1.96 bits per heavy atom. The molecule has 2 aliphatic heterocycles. The molecule has 1 spiro atoms. The average molecular weight is 651 g/mol. The molecule has 1 unspecified atom stereocenters. The summed E-state index contributed by atoms with van der Waals surface area (Å²) in [6.45, 7) is 3.48. The van der Waals surface area contributed by atoms with Crippen molar-refractivity contribution in [2.24, 2.45) is 23.7 Å². The fourth-order valence-corrected chi connectivity index (χ4v) is 10.1. The standard InChI is InChI=1S/C36H43ClN2O5S/c1-23(40)44-33-7-3-5-28(24-8-9-24)20-45(2,42)38-35(41)26-11-15-34-32(18-26)39(19-27-10-13-30(27)33)21-36(22-43-34)16-4-6-25-17-29(37)12-14-31(25)36/h3,7,11-12,14-15,17-18,24,27-28,30,33H,2,4-6,8-10,13,16,19-22H2,1H3,(H,38,41,42)/b7-3+/t27-,28+,30+,33-,36-,45?/m0/s1. The summed E-state index contributed by atoms with van der Waals surface area (Å²) < 4.78 is 29.0. The van der Waals surface area contributed by atoms with E-state index in [-0.39, 0.29) is 35.2 Å². The maximum atomic E-state index is 13.7. The second-order valence-electron chi connectivity index (χ2n) is 14.0. The van der Waals surface area contributed by atoms with Crippen LogP contribution in [0.3, 0.4) is 0 Å². The molecule has 0 radical (unpaired) electrons. The van der Waals surface area contributed by atoms with Crippen LogP contribution in [0.4, 0.5) is 5.69 Å². The Kier molecular flexibility index (Phi) is 8.18. The highest BCUT2D eigenvalue weighted by atomic mass is 35.5. The summed E-state index contributed by atoms with van der Waals surface area (Å²) in [7, 11) is -2.88. The summed E-state index contributed by atoms with van der Waals surface area (Å²) in [5.41, 5.74) is 3.62. The number of hydrogen-bond acceptors (Lipinski definition) is 6. The average Bonchev–Trinajstić information content (AvgIpc) is 3.82. The first-order chi connectivity index (χ1) is 21.6. The Bertz CT molecular complexity index is 1640. The zero-order chi connectivity index (χ0) is 31.3. The van der Waals surface area contributed by atoms with Crippen LogP contribution in [0, 0.1) is 23.7 Å². The predicted octanol–water partition coefficient (Wildman–Crippen LogP) is 6.12. The van der Waals surface area contributed by atoms with E-state index < -0.39 is 9.71 Å². The summed E-state index contributed by atoms with van der Waals surface area (Å²) in [6, 6.07) is 11.8. The first-order valence-corrected chi connectivity index (χ1v) is 18.7. The van der Waals surface area contributed by atoms with Crippen LogP contribution in [-0.2, 0) is 31.1 Å².